The fourth-order valence-electron chi connectivity index (χ4n) is 1.58. The quantitative estimate of drug-likeness (QED) is 0.679. The molecular formula is C12H9N3. The summed E-state index contributed by atoms with van der Waals surface area (Å²) < 4.78 is 0. The van der Waals surface area contributed by atoms with E-state index in [4.69, 9.17) is 0 Å². The van der Waals surface area contributed by atoms with Crippen LogP contribution in [0.1, 0.15) is 0 Å². The van der Waals surface area contributed by atoms with E-state index in [-0.39, 0.29) is 0 Å². The van der Waals surface area contributed by atoms with Crippen LogP contribution in [0.15, 0.2) is 64.9 Å². The monoisotopic (exact) mass is 195 g/mol. The van der Waals surface area contributed by atoms with Crippen molar-refractivity contribution in [2.45, 2.75) is 0 Å². The molecule has 0 spiro atoms. The number of benzene rings is 2. The van der Waals surface area contributed by atoms with Crippen LogP contribution in [-0.4, -0.2) is 0 Å². The molecule has 15 heavy (non-hydrogen) atoms. The molecule has 0 saturated carbocycles. The average Bonchev–Trinajstić information content (AvgIpc) is 2.63. The summed E-state index contributed by atoms with van der Waals surface area (Å²) in [6.45, 7) is 0. The highest BCUT2D eigenvalue weighted by Crippen LogP contribution is 2.31. The van der Waals surface area contributed by atoms with Gasteiger partial charge in [0.05, 0.1) is 17.1 Å². The van der Waals surface area contributed by atoms with Crippen molar-refractivity contribution >= 4 is 17.1 Å². The molecule has 3 heteroatoms. The lowest BCUT2D eigenvalue weighted by Gasteiger charge is -2.15. The van der Waals surface area contributed by atoms with Gasteiger partial charge < -0.3 is 0 Å². The minimum atomic E-state index is 0.886. The Hall–Kier alpha value is -2.16. The Balaban J connectivity index is 2.11. The largest absolute Gasteiger partial charge is 0.215 e. The van der Waals surface area contributed by atoms with Crippen LogP contribution in [0.3, 0.4) is 0 Å². The molecule has 0 aliphatic carbocycles. The van der Waals surface area contributed by atoms with E-state index in [1.54, 1.807) is 0 Å². The molecular weight excluding hydrogens is 186 g/mol. The van der Waals surface area contributed by atoms with Crippen molar-refractivity contribution < 1.29 is 0 Å². The van der Waals surface area contributed by atoms with E-state index >= 15 is 0 Å². The van der Waals surface area contributed by atoms with Crippen LogP contribution in [-0.2, 0) is 0 Å². The maximum absolute atomic E-state index is 4.18. The van der Waals surface area contributed by atoms with Gasteiger partial charge in [0, 0.05) is 0 Å². The molecule has 72 valence electrons. The van der Waals surface area contributed by atoms with E-state index in [1.165, 1.54) is 0 Å². The van der Waals surface area contributed by atoms with Crippen LogP contribution in [0.4, 0.5) is 17.1 Å². The molecule has 3 nitrogen and oxygen atoms in total. The summed E-state index contributed by atoms with van der Waals surface area (Å²) >= 11 is 0. The smallest absolute Gasteiger partial charge is 0.0876 e. The van der Waals surface area contributed by atoms with Crippen LogP contribution >= 0.6 is 0 Å². The summed E-state index contributed by atoms with van der Waals surface area (Å²) in [5, 5.41) is 10.1. The summed E-state index contributed by atoms with van der Waals surface area (Å²) in [6, 6.07) is 17.9. The van der Waals surface area contributed by atoms with Crippen LogP contribution < -0.4 is 5.01 Å². The Kier molecular flexibility index (Phi) is 1.75. The highest BCUT2D eigenvalue weighted by Gasteiger charge is 2.10. The normalized spacial score (nSPS) is 12.9. The Morgan fingerprint density at radius 3 is 2.13 bits per heavy atom. The Bertz CT molecular complexity index is 488. The molecule has 2 heterocycles. The van der Waals surface area contributed by atoms with Crippen molar-refractivity contribution in [3.63, 3.8) is 0 Å². The van der Waals surface area contributed by atoms with Gasteiger partial charge in [0.15, 0.2) is 0 Å². The first kappa shape index (κ1) is 8.17. The number of para-hydroxylation sites is 1. The van der Waals surface area contributed by atoms with Gasteiger partial charge in [-0.15, -0.1) is 5.11 Å². The van der Waals surface area contributed by atoms with Gasteiger partial charge in [0.25, 0.3) is 0 Å². The molecule has 2 aromatic carbocycles. The SMILES string of the molecule is c1ccc(N2N=Nc3ccc2cc3)cc1. The van der Waals surface area contributed by atoms with E-state index in [0.29, 0.717) is 0 Å². The topological polar surface area (TPSA) is 28.0 Å². The molecule has 2 aromatic rings. The first-order chi connectivity index (χ1) is 7.43. The van der Waals surface area contributed by atoms with Crippen molar-refractivity contribution in [1.29, 1.82) is 0 Å². The second-order valence-electron chi connectivity index (χ2n) is 3.35. The van der Waals surface area contributed by atoms with Crippen LogP contribution in [0, 0.1) is 0 Å². The third-order valence-electron chi connectivity index (χ3n) is 2.34. The number of hydrogen-bond acceptors (Lipinski definition) is 3. The van der Waals surface area contributed by atoms with Crippen molar-refractivity contribution in [1.82, 2.24) is 0 Å². The maximum atomic E-state index is 4.18. The third-order valence-corrected chi connectivity index (χ3v) is 2.34. The first-order valence-electron chi connectivity index (χ1n) is 4.80. The number of hydrogen-bond donors (Lipinski definition) is 0. The molecule has 0 saturated heterocycles. The predicted molar refractivity (Wildman–Crippen MR) is 59.5 cm³/mol. The molecule has 2 aliphatic heterocycles. The van der Waals surface area contributed by atoms with Crippen LogP contribution in [0.5, 0.6) is 0 Å². The number of nitrogens with zero attached hydrogens (tertiary/aromatic N) is 3. The minimum absolute atomic E-state index is 0.886. The van der Waals surface area contributed by atoms with Gasteiger partial charge in [0.2, 0.25) is 0 Å². The zero-order chi connectivity index (χ0) is 10.1. The molecule has 2 aliphatic rings. The standard InChI is InChI=1S/C12H9N3/c1-2-4-11(5-3-1)15-12-8-6-10(7-9-12)13-14-15/h1-9H. The van der Waals surface area contributed by atoms with Gasteiger partial charge in [-0.1, -0.05) is 23.4 Å². The molecule has 4 rings (SSSR count). The molecule has 0 aromatic heterocycles. The Labute approximate surface area is 87.7 Å². The molecule has 0 atom stereocenters. The van der Waals surface area contributed by atoms with Crippen molar-refractivity contribution in [3.05, 3.63) is 54.6 Å². The highest BCUT2D eigenvalue weighted by atomic mass is 15.5. The Morgan fingerprint density at radius 1 is 0.733 bits per heavy atom. The summed E-state index contributed by atoms with van der Waals surface area (Å²) in [4.78, 5) is 0. The van der Waals surface area contributed by atoms with Gasteiger partial charge in [0.1, 0.15) is 0 Å². The zero-order valence-electron chi connectivity index (χ0n) is 8.04. The van der Waals surface area contributed by atoms with Gasteiger partial charge in [-0.3, -0.25) is 0 Å². The highest BCUT2D eigenvalue weighted by molar-refractivity contribution is 5.64. The molecule has 0 radical (unpaired) electrons. The van der Waals surface area contributed by atoms with E-state index in [0.717, 1.165) is 17.1 Å². The van der Waals surface area contributed by atoms with Gasteiger partial charge in [-0.05, 0) is 36.4 Å². The molecule has 0 N–H and O–H groups in total. The Morgan fingerprint density at radius 2 is 1.40 bits per heavy atom. The van der Waals surface area contributed by atoms with Gasteiger partial charge in [-0.25, -0.2) is 5.01 Å². The molecule has 0 fully saturated rings. The van der Waals surface area contributed by atoms with Crippen molar-refractivity contribution in [2.75, 3.05) is 5.01 Å². The fourth-order valence-corrected chi connectivity index (χ4v) is 1.58. The van der Waals surface area contributed by atoms with Crippen molar-refractivity contribution in [3.8, 4) is 0 Å². The maximum Gasteiger partial charge on any atom is 0.0876 e. The second-order valence-corrected chi connectivity index (χ2v) is 3.35. The second kappa shape index (κ2) is 3.20. The van der Waals surface area contributed by atoms with Crippen LogP contribution in [0.25, 0.3) is 0 Å². The minimum Gasteiger partial charge on any atom is -0.215 e. The molecule has 0 amide bonds. The number of fused-ring (bicyclic) bond motifs is 3. The first-order valence-corrected chi connectivity index (χ1v) is 4.80. The van der Waals surface area contributed by atoms with E-state index in [1.807, 2.05) is 59.6 Å². The van der Waals surface area contributed by atoms with E-state index in [2.05, 4.69) is 10.3 Å². The molecule has 2 bridgehead atoms. The van der Waals surface area contributed by atoms with E-state index in [9.17, 15) is 0 Å². The zero-order valence-corrected chi connectivity index (χ0v) is 8.04. The van der Waals surface area contributed by atoms with E-state index < -0.39 is 0 Å². The number of rotatable bonds is 1. The van der Waals surface area contributed by atoms with Gasteiger partial charge in [-0.2, -0.15) is 0 Å². The lowest BCUT2D eigenvalue weighted by atomic mass is 10.2. The molecule has 0 unspecified atom stereocenters. The summed E-state index contributed by atoms with van der Waals surface area (Å²) in [5.74, 6) is 0. The van der Waals surface area contributed by atoms with Crippen LogP contribution in [0.2, 0.25) is 0 Å². The number of anilines is 2. The third kappa shape index (κ3) is 1.38. The summed E-state index contributed by atoms with van der Waals surface area (Å²) in [6.07, 6.45) is 0. The lowest BCUT2D eigenvalue weighted by Crippen LogP contribution is -2.05. The summed E-state index contributed by atoms with van der Waals surface area (Å²) in [5.41, 5.74) is 2.94. The lowest BCUT2D eigenvalue weighted by molar-refractivity contribution is 0.991. The predicted octanol–water partition coefficient (Wildman–Crippen LogP) is 3.84. The summed E-state index contributed by atoms with van der Waals surface area (Å²) in [7, 11) is 0. The fraction of sp³-hybridized carbons (Fsp3) is 0. The van der Waals surface area contributed by atoms with Crippen molar-refractivity contribution in [2.24, 2.45) is 10.3 Å². The average molecular weight is 195 g/mol. The van der Waals surface area contributed by atoms with Gasteiger partial charge >= 0.3 is 0 Å².